The molecule has 0 radical (unpaired) electrons. The SMILES string of the molecule is C[C@H]1CC[C@H](O)[C@H](OCCCC(=O)[C@@H]2CC[C@@H](C(=O)NCCO[C@@H]3O[C@@H](C)CC[C@@H]3O)N2C(=O)CCCCC(=O)C(C)(C)C)O1. The van der Waals surface area contributed by atoms with E-state index in [4.69, 9.17) is 18.9 Å². The fraction of sp³-hybridized carbons (Fsp3) is 0.879. The third kappa shape index (κ3) is 11.7. The molecule has 3 N–H and O–H groups in total. The Balaban J connectivity index is 1.53. The highest BCUT2D eigenvalue weighted by molar-refractivity contribution is 5.94. The lowest BCUT2D eigenvalue weighted by Crippen LogP contribution is -2.51. The van der Waals surface area contributed by atoms with Gasteiger partial charge < -0.3 is 39.4 Å². The summed E-state index contributed by atoms with van der Waals surface area (Å²) in [6, 6.07) is -1.51. The molecule has 3 rings (SSSR count). The van der Waals surface area contributed by atoms with E-state index in [-0.39, 0.29) is 68.2 Å². The Morgan fingerprint density at radius 1 is 0.756 bits per heavy atom. The van der Waals surface area contributed by atoms with Gasteiger partial charge in [-0.05, 0) is 71.6 Å². The van der Waals surface area contributed by atoms with Gasteiger partial charge in [0.25, 0.3) is 0 Å². The summed E-state index contributed by atoms with van der Waals surface area (Å²) in [6.07, 6.45) is 2.63. The van der Waals surface area contributed by atoms with Crippen LogP contribution in [0.15, 0.2) is 0 Å². The van der Waals surface area contributed by atoms with E-state index >= 15 is 0 Å². The van der Waals surface area contributed by atoms with Crippen molar-refractivity contribution in [3.05, 3.63) is 0 Å². The minimum absolute atomic E-state index is 0.00444. The van der Waals surface area contributed by atoms with Crippen molar-refractivity contribution in [1.82, 2.24) is 10.2 Å². The summed E-state index contributed by atoms with van der Waals surface area (Å²) >= 11 is 0. The van der Waals surface area contributed by atoms with E-state index in [0.717, 1.165) is 12.8 Å². The molecule has 0 bridgehead atoms. The number of hydrogen-bond donors (Lipinski definition) is 3. The number of carbonyl (C=O) groups is 4. The molecule has 0 saturated carbocycles. The fourth-order valence-corrected chi connectivity index (χ4v) is 6.04. The van der Waals surface area contributed by atoms with Crippen LogP contribution >= 0.6 is 0 Å². The van der Waals surface area contributed by atoms with Crippen LogP contribution in [0.3, 0.4) is 0 Å². The molecule has 0 aromatic rings. The Morgan fingerprint density at radius 3 is 1.91 bits per heavy atom. The normalized spacial score (nSPS) is 30.7. The first-order chi connectivity index (χ1) is 21.3. The maximum Gasteiger partial charge on any atom is 0.242 e. The predicted molar refractivity (Wildman–Crippen MR) is 165 cm³/mol. The topological polar surface area (TPSA) is 161 Å². The maximum absolute atomic E-state index is 13.5. The van der Waals surface area contributed by atoms with Crippen LogP contribution in [0.4, 0.5) is 0 Å². The van der Waals surface area contributed by atoms with E-state index in [9.17, 15) is 29.4 Å². The second-order valence-electron chi connectivity index (χ2n) is 13.8. The van der Waals surface area contributed by atoms with Crippen LogP contribution in [0.5, 0.6) is 0 Å². The summed E-state index contributed by atoms with van der Waals surface area (Å²) in [4.78, 5) is 53.9. The van der Waals surface area contributed by atoms with Crippen molar-refractivity contribution >= 4 is 23.4 Å². The lowest BCUT2D eigenvalue weighted by atomic mass is 9.88. The van der Waals surface area contributed by atoms with Crippen molar-refractivity contribution in [2.75, 3.05) is 19.8 Å². The number of amides is 2. The molecule has 0 unspecified atom stereocenters. The van der Waals surface area contributed by atoms with E-state index in [1.165, 1.54) is 4.90 Å². The monoisotopic (exact) mass is 640 g/mol. The summed E-state index contributed by atoms with van der Waals surface area (Å²) in [5.74, 6) is -0.636. The summed E-state index contributed by atoms with van der Waals surface area (Å²) < 4.78 is 22.6. The molecule has 3 fully saturated rings. The fourth-order valence-electron chi connectivity index (χ4n) is 6.04. The van der Waals surface area contributed by atoms with Gasteiger partial charge in [-0.3, -0.25) is 19.2 Å². The van der Waals surface area contributed by atoms with Gasteiger partial charge >= 0.3 is 0 Å². The Bertz CT molecular complexity index is 931. The van der Waals surface area contributed by atoms with Gasteiger partial charge in [0.1, 0.15) is 24.0 Å². The second kappa shape index (κ2) is 17.8. The molecule has 0 aromatic carbocycles. The Labute approximate surface area is 267 Å². The van der Waals surface area contributed by atoms with Crippen molar-refractivity contribution in [1.29, 1.82) is 0 Å². The zero-order valence-electron chi connectivity index (χ0n) is 27.8. The molecule has 3 aliphatic rings. The van der Waals surface area contributed by atoms with Gasteiger partial charge in [-0.2, -0.15) is 0 Å². The quantitative estimate of drug-likeness (QED) is 0.214. The van der Waals surface area contributed by atoms with Crippen LogP contribution in [0, 0.1) is 5.41 Å². The van der Waals surface area contributed by atoms with Crippen molar-refractivity contribution < 1.29 is 48.3 Å². The van der Waals surface area contributed by atoms with E-state index < -0.39 is 42.3 Å². The first-order valence-electron chi connectivity index (χ1n) is 16.8. The molecule has 0 aromatic heterocycles. The van der Waals surface area contributed by atoms with Gasteiger partial charge in [-0.15, -0.1) is 0 Å². The molecular weight excluding hydrogens is 584 g/mol. The highest BCUT2D eigenvalue weighted by Gasteiger charge is 2.43. The number of likely N-dealkylation sites (tertiary alicyclic amines) is 1. The van der Waals surface area contributed by atoms with Crippen LogP contribution in [0.25, 0.3) is 0 Å². The number of carbonyl (C=O) groups excluding carboxylic acids is 4. The molecule has 12 nitrogen and oxygen atoms in total. The number of aliphatic hydroxyl groups is 2. The highest BCUT2D eigenvalue weighted by atomic mass is 16.7. The average molecular weight is 641 g/mol. The summed E-state index contributed by atoms with van der Waals surface area (Å²) in [6.45, 7) is 9.97. The van der Waals surface area contributed by atoms with E-state index in [1.54, 1.807) is 0 Å². The average Bonchev–Trinajstić information content (AvgIpc) is 3.44. The van der Waals surface area contributed by atoms with Gasteiger partial charge in [-0.1, -0.05) is 20.8 Å². The molecule has 12 heteroatoms. The second-order valence-corrected chi connectivity index (χ2v) is 13.8. The number of aliphatic hydroxyl groups excluding tert-OH is 2. The third-order valence-electron chi connectivity index (χ3n) is 8.86. The lowest BCUT2D eigenvalue weighted by molar-refractivity contribution is -0.236. The van der Waals surface area contributed by atoms with Gasteiger partial charge in [0.2, 0.25) is 11.8 Å². The van der Waals surface area contributed by atoms with E-state index in [1.807, 2.05) is 34.6 Å². The standard InChI is InChI=1S/C33H56N2O10/c1-21-12-16-26(37)31(44-21)42-19-8-9-25(36)23-14-15-24(35(23)29(40)11-7-6-10-28(39)33(3,4)5)30(41)34-18-20-43-32-27(38)17-13-22(2)45-32/h21-24,26-27,31-32,37-38H,6-20H2,1-5H3,(H,34,41)/t21-,22-,23-,24-,26-,27-,31+,32+/m0/s1. The largest absolute Gasteiger partial charge is 0.388 e. The smallest absolute Gasteiger partial charge is 0.242 e. The molecule has 0 aliphatic carbocycles. The van der Waals surface area contributed by atoms with Crippen LogP contribution in [0.1, 0.15) is 112 Å². The minimum atomic E-state index is -0.789. The summed E-state index contributed by atoms with van der Waals surface area (Å²) in [5, 5.41) is 23.1. The van der Waals surface area contributed by atoms with Crippen LogP contribution in [0.2, 0.25) is 0 Å². The zero-order valence-corrected chi connectivity index (χ0v) is 27.8. The summed E-state index contributed by atoms with van der Waals surface area (Å²) in [7, 11) is 0. The molecule has 2 amide bonds. The zero-order chi connectivity index (χ0) is 33.1. The molecule has 258 valence electrons. The lowest BCUT2D eigenvalue weighted by Gasteiger charge is -2.32. The van der Waals surface area contributed by atoms with Crippen LogP contribution in [-0.2, 0) is 38.1 Å². The third-order valence-corrected chi connectivity index (χ3v) is 8.86. The number of hydrogen-bond acceptors (Lipinski definition) is 10. The number of unbranched alkanes of at least 4 members (excludes halogenated alkanes) is 1. The number of rotatable bonds is 16. The van der Waals surface area contributed by atoms with Crippen molar-refractivity contribution in [2.45, 2.75) is 161 Å². The molecule has 0 spiro atoms. The number of ketones is 2. The first kappa shape index (κ1) is 37.5. The minimum Gasteiger partial charge on any atom is -0.388 e. The van der Waals surface area contributed by atoms with Crippen molar-refractivity contribution in [3.8, 4) is 0 Å². The predicted octanol–water partition coefficient (Wildman–Crippen LogP) is 2.79. The molecule has 3 heterocycles. The molecular formula is C33H56N2O10. The van der Waals surface area contributed by atoms with Gasteiger partial charge in [-0.25, -0.2) is 0 Å². The molecule has 45 heavy (non-hydrogen) atoms. The first-order valence-corrected chi connectivity index (χ1v) is 16.8. The Morgan fingerprint density at radius 2 is 1.31 bits per heavy atom. The van der Waals surface area contributed by atoms with Crippen LogP contribution < -0.4 is 5.32 Å². The molecule has 3 saturated heterocycles. The van der Waals surface area contributed by atoms with E-state index in [0.29, 0.717) is 51.4 Å². The molecule has 8 atom stereocenters. The van der Waals surface area contributed by atoms with Gasteiger partial charge in [0, 0.05) is 31.2 Å². The Kier molecular flexibility index (Phi) is 14.8. The van der Waals surface area contributed by atoms with Gasteiger partial charge in [0.05, 0.1) is 31.5 Å². The maximum atomic E-state index is 13.5. The summed E-state index contributed by atoms with van der Waals surface area (Å²) in [5.41, 5.74) is -0.439. The van der Waals surface area contributed by atoms with Crippen molar-refractivity contribution in [2.24, 2.45) is 5.41 Å². The van der Waals surface area contributed by atoms with Gasteiger partial charge in [0.15, 0.2) is 18.4 Å². The highest BCUT2D eigenvalue weighted by Crippen LogP contribution is 2.29. The number of nitrogens with zero attached hydrogens (tertiary/aromatic N) is 1. The molecule has 3 aliphatic heterocycles. The van der Waals surface area contributed by atoms with Crippen molar-refractivity contribution in [3.63, 3.8) is 0 Å². The number of nitrogens with one attached hydrogen (secondary N) is 1. The Hall–Kier alpha value is -1.96. The van der Waals surface area contributed by atoms with E-state index in [2.05, 4.69) is 5.32 Å². The van der Waals surface area contributed by atoms with Crippen LogP contribution in [-0.4, -0.2) is 107 Å². The number of Topliss-reactive ketones (excluding diaryl/α,β-unsaturated/α-hetero) is 2. The number of ether oxygens (including phenoxy) is 4.